The molecule has 7 nitrogen and oxygen atoms in total. The smallest absolute Gasteiger partial charge is 0.338 e. The summed E-state index contributed by atoms with van der Waals surface area (Å²) < 4.78 is 15.2. The summed E-state index contributed by atoms with van der Waals surface area (Å²) >= 11 is 1.32. The van der Waals surface area contributed by atoms with Gasteiger partial charge in [-0.1, -0.05) is 72.0 Å². The van der Waals surface area contributed by atoms with Crippen molar-refractivity contribution in [2.45, 2.75) is 26.4 Å². The summed E-state index contributed by atoms with van der Waals surface area (Å²) in [6.07, 6.45) is 4.02. The number of carbonyl (C=O) groups excluding carboxylic acids is 1. The molecule has 1 atom stereocenters. The maximum absolute atomic E-state index is 14.1. The lowest BCUT2D eigenvalue weighted by molar-refractivity contribution is -0.139. The standard InChI is InChI=1S/C33H29N3O4S/c1-4-40-32(38)29-21(2)34-33-36(30(29)23-13-10-14-25(17-23)39-3)31(37)28(41-33)18-24-20-35(19-22-11-6-5-7-12-22)27-16-9-8-15-26(24)27/h5-18,20,30H,4,19H2,1-3H3/b28-18-/t30-/m1/s1. The molecule has 0 amide bonds. The monoisotopic (exact) mass is 563 g/mol. The third-order valence-electron chi connectivity index (χ3n) is 7.23. The highest BCUT2D eigenvalue weighted by molar-refractivity contribution is 7.07. The van der Waals surface area contributed by atoms with E-state index in [0.717, 1.165) is 22.0 Å². The van der Waals surface area contributed by atoms with Crippen LogP contribution in [0.2, 0.25) is 0 Å². The lowest BCUT2D eigenvalue weighted by atomic mass is 9.95. The Bertz CT molecular complexity index is 1980. The lowest BCUT2D eigenvalue weighted by Crippen LogP contribution is -2.39. The molecule has 3 heterocycles. The minimum Gasteiger partial charge on any atom is -0.497 e. The predicted molar refractivity (Wildman–Crippen MR) is 161 cm³/mol. The number of thiazole rings is 1. The molecule has 41 heavy (non-hydrogen) atoms. The van der Waals surface area contributed by atoms with Crippen molar-refractivity contribution in [3.8, 4) is 5.75 Å². The molecule has 206 valence electrons. The number of ether oxygens (including phenoxy) is 2. The molecule has 0 N–H and O–H groups in total. The molecule has 1 aliphatic rings. The summed E-state index contributed by atoms with van der Waals surface area (Å²) in [5, 5.41) is 1.06. The summed E-state index contributed by atoms with van der Waals surface area (Å²) in [6.45, 7) is 4.48. The summed E-state index contributed by atoms with van der Waals surface area (Å²) in [4.78, 5) is 32.5. The zero-order chi connectivity index (χ0) is 28.5. The van der Waals surface area contributed by atoms with Crippen molar-refractivity contribution < 1.29 is 14.3 Å². The highest BCUT2D eigenvalue weighted by atomic mass is 32.1. The summed E-state index contributed by atoms with van der Waals surface area (Å²) in [7, 11) is 1.59. The van der Waals surface area contributed by atoms with Crippen molar-refractivity contribution in [2.75, 3.05) is 13.7 Å². The van der Waals surface area contributed by atoms with Crippen molar-refractivity contribution in [2.24, 2.45) is 4.99 Å². The topological polar surface area (TPSA) is 74.8 Å². The van der Waals surface area contributed by atoms with Gasteiger partial charge < -0.3 is 14.0 Å². The van der Waals surface area contributed by atoms with Crippen molar-refractivity contribution in [3.05, 3.63) is 133 Å². The van der Waals surface area contributed by atoms with E-state index in [1.54, 1.807) is 25.5 Å². The zero-order valence-corrected chi connectivity index (χ0v) is 23.9. The average molecular weight is 564 g/mol. The Labute approximate surface area is 240 Å². The number of para-hydroxylation sites is 1. The van der Waals surface area contributed by atoms with Gasteiger partial charge in [0.2, 0.25) is 0 Å². The van der Waals surface area contributed by atoms with E-state index in [9.17, 15) is 9.59 Å². The molecule has 0 saturated heterocycles. The van der Waals surface area contributed by atoms with Gasteiger partial charge in [-0.15, -0.1) is 0 Å². The zero-order valence-electron chi connectivity index (χ0n) is 23.0. The lowest BCUT2D eigenvalue weighted by Gasteiger charge is -2.25. The van der Waals surface area contributed by atoms with Crippen molar-refractivity contribution in [1.82, 2.24) is 9.13 Å². The Morgan fingerprint density at radius 3 is 2.61 bits per heavy atom. The van der Waals surface area contributed by atoms with Gasteiger partial charge in [0.25, 0.3) is 5.56 Å². The molecular weight excluding hydrogens is 534 g/mol. The Balaban J connectivity index is 1.53. The van der Waals surface area contributed by atoms with Gasteiger partial charge >= 0.3 is 5.97 Å². The molecule has 0 fully saturated rings. The van der Waals surface area contributed by atoms with E-state index in [4.69, 9.17) is 14.5 Å². The van der Waals surface area contributed by atoms with Crippen molar-refractivity contribution in [1.29, 1.82) is 0 Å². The second kappa shape index (κ2) is 11.1. The van der Waals surface area contributed by atoms with Gasteiger partial charge in [0.15, 0.2) is 4.80 Å². The molecule has 2 aromatic heterocycles. The average Bonchev–Trinajstić information content (AvgIpc) is 3.49. The Kier molecular flexibility index (Phi) is 7.15. The Morgan fingerprint density at radius 2 is 1.83 bits per heavy atom. The summed E-state index contributed by atoms with van der Waals surface area (Å²) in [5.74, 6) is 0.147. The van der Waals surface area contributed by atoms with E-state index in [1.165, 1.54) is 16.9 Å². The minimum absolute atomic E-state index is 0.212. The molecule has 3 aromatic carbocycles. The van der Waals surface area contributed by atoms with Crippen LogP contribution in [0.15, 0.2) is 106 Å². The minimum atomic E-state index is -0.693. The van der Waals surface area contributed by atoms with E-state index >= 15 is 0 Å². The molecule has 0 radical (unpaired) electrons. The molecule has 5 aromatic rings. The van der Waals surface area contributed by atoms with Crippen molar-refractivity contribution >= 4 is 34.3 Å². The third-order valence-corrected chi connectivity index (χ3v) is 8.21. The van der Waals surface area contributed by atoms with E-state index in [2.05, 4.69) is 35.0 Å². The van der Waals surface area contributed by atoms with Crippen LogP contribution >= 0.6 is 11.3 Å². The predicted octanol–water partition coefficient (Wildman–Crippen LogP) is 4.81. The fraction of sp³-hybridized carbons (Fsp3) is 0.182. The van der Waals surface area contributed by atoms with Crippen LogP contribution < -0.4 is 19.6 Å². The number of methoxy groups -OCH3 is 1. The van der Waals surface area contributed by atoms with Crippen LogP contribution in [-0.2, 0) is 16.1 Å². The largest absolute Gasteiger partial charge is 0.497 e. The van der Waals surface area contributed by atoms with E-state index in [0.29, 0.717) is 32.9 Å². The normalized spacial score (nSPS) is 15.1. The first kappa shape index (κ1) is 26.5. The van der Waals surface area contributed by atoms with Gasteiger partial charge in [-0.2, -0.15) is 0 Å². The van der Waals surface area contributed by atoms with Gasteiger partial charge in [-0.05, 0) is 49.2 Å². The molecule has 1 aliphatic heterocycles. The van der Waals surface area contributed by atoms with Gasteiger partial charge in [-0.3, -0.25) is 9.36 Å². The molecule has 8 heteroatoms. The Hall–Kier alpha value is -4.69. The number of hydrogen-bond donors (Lipinski definition) is 0. The number of nitrogens with zero attached hydrogens (tertiary/aromatic N) is 3. The van der Waals surface area contributed by atoms with Crippen LogP contribution in [0.5, 0.6) is 5.75 Å². The van der Waals surface area contributed by atoms with Gasteiger partial charge in [-0.25, -0.2) is 9.79 Å². The van der Waals surface area contributed by atoms with Gasteiger partial charge in [0.05, 0.1) is 35.6 Å². The first-order valence-electron chi connectivity index (χ1n) is 13.4. The molecule has 6 rings (SSSR count). The van der Waals surface area contributed by atoms with E-state index in [1.807, 2.05) is 60.7 Å². The van der Waals surface area contributed by atoms with Crippen LogP contribution in [0, 0.1) is 0 Å². The Morgan fingerprint density at radius 1 is 1.05 bits per heavy atom. The van der Waals surface area contributed by atoms with Crippen LogP contribution in [-0.4, -0.2) is 28.8 Å². The number of fused-ring (bicyclic) bond motifs is 2. The number of aromatic nitrogens is 2. The van der Waals surface area contributed by atoms with Gasteiger partial charge in [0, 0.05) is 29.2 Å². The number of benzene rings is 3. The molecule has 0 saturated carbocycles. The second-order valence-corrected chi connectivity index (χ2v) is 10.8. The van der Waals surface area contributed by atoms with Crippen molar-refractivity contribution in [3.63, 3.8) is 0 Å². The number of hydrogen-bond acceptors (Lipinski definition) is 6. The van der Waals surface area contributed by atoms with Gasteiger partial charge in [0.1, 0.15) is 5.75 Å². The summed E-state index contributed by atoms with van der Waals surface area (Å²) in [6, 6.07) is 25.2. The highest BCUT2D eigenvalue weighted by Crippen LogP contribution is 2.32. The van der Waals surface area contributed by atoms with Crippen LogP contribution in [0.4, 0.5) is 0 Å². The number of carbonyl (C=O) groups is 1. The number of allylic oxidation sites excluding steroid dienone is 1. The first-order chi connectivity index (χ1) is 20.0. The number of esters is 1. The molecule has 0 bridgehead atoms. The molecule has 0 aliphatic carbocycles. The van der Waals surface area contributed by atoms with Crippen LogP contribution in [0.1, 0.15) is 36.6 Å². The second-order valence-electron chi connectivity index (χ2n) is 9.79. The maximum Gasteiger partial charge on any atom is 0.338 e. The van der Waals surface area contributed by atoms with Crippen LogP contribution in [0.3, 0.4) is 0 Å². The van der Waals surface area contributed by atoms with E-state index < -0.39 is 12.0 Å². The fourth-order valence-electron chi connectivity index (χ4n) is 5.36. The highest BCUT2D eigenvalue weighted by Gasteiger charge is 2.33. The SMILES string of the molecule is CCOC(=O)C1=C(C)N=c2s/c(=C\c3cn(Cc4ccccc4)c4ccccc34)c(=O)n2[C@@H]1c1cccc(OC)c1. The fourth-order valence-corrected chi connectivity index (χ4v) is 6.40. The van der Waals surface area contributed by atoms with E-state index in [-0.39, 0.29) is 12.2 Å². The molecule has 0 spiro atoms. The third kappa shape index (κ3) is 4.91. The maximum atomic E-state index is 14.1. The summed E-state index contributed by atoms with van der Waals surface area (Å²) in [5.41, 5.74) is 4.64. The molecule has 0 unspecified atom stereocenters. The first-order valence-corrected chi connectivity index (χ1v) is 14.3. The quantitative estimate of drug-likeness (QED) is 0.267. The number of rotatable bonds is 7. The molecular formula is C33H29N3O4S. The van der Waals surface area contributed by atoms with Crippen LogP contribution in [0.25, 0.3) is 17.0 Å².